The highest BCUT2D eigenvalue weighted by Gasteiger charge is 2.17. The number of nitrogens with two attached hydrogens (primary N) is 1. The zero-order chi connectivity index (χ0) is 10.8. The first-order valence-electron chi connectivity index (χ1n) is 4.71. The Kier molecular flexibility index (Phi) is 3.34. The molecule has 0 saturated carbocycles. The van der Waals surface area contributed by atoms with Crippen LogP contribution in [-0.4, -0.2) is 6.61 Å². The lowest BCUT2D eigenvalue weighted by Gasteiger charge is -2.14. The van der Waals surface area contributed by atoms with Gasteiger partial charge in [-0.2, -0.15) is 0 Å². The molecule has 0 bridgehead atoms. The van der Waals surface area contributed by atoms with E-state index in [9.17, 15) is 0 Å². The predicted molar refractivity (Wildman–Crippen MR) is 64.7 cm³/mol. The van der Waals surface area contributed by atoms with E-state index in [0.29, 0.717) is 5.02 Å². The van der Waals surface area contributed by atoms with Crippen molar-refractivity contribution < 1.29 is 4.74 Å². The number of benzene rings is 1. The van der Waals surface area contributed by atoms with Gasteiger partial charge in [-0.15, -0.1) is 0 Å². The van der Waals surface area contributed by atoms with Crippen LogP contribution in [0, 0.1) is 0 Å². The van der Waals surface area contributed by atoms with Gasteiger partial charge in [-0.25, -0.2) is 0 Å². The normalized spacial score (nSPS) is 17.1. The van der Waals surface area contributed by atoms with Crippen molar-refractivity contribution in [3.05, 3.63) is 45.1 Å². The first-order valence-corrected chi connectivity index (χ1v) is 5.88. The Morgan fingerprint density at radius 2 is 2.20 bits per heavy atom. The molecule has 2 N–H and O–H groups in total. The zero-order valence-electron chi connectivity index (χ0n) is 8.04. The van der Waals surface area contributed by atoms with Crippen molar-refractivity contribution in [2.75, 3.05) is 6.61 Å². The predicted octanol–water partition coefficient (Wildman–Crippen LogP) is 3.41. The first-order chi connectivity index (χ1) is 7.16. The molecule has 0 aromatic heterocycles. The molecule has 1 aliphatic heterocycles. The fourth-order valence-electron chi connectivity index (χ4n) is 1.57. The number of halogens is 2. The van der Waals surface area contributed by atoms with E-state index in [-0.39, 0.29) is 6.04 Å². The van der Waals surface area contributed by atoms with Crippen LogP contribution in [0.2, 0.25) is 5.02 Å². The van der Waals surface area contributed by atoms with E-state index in [1.165, 1.54) is 0 Å². The number of ether oxygens (including phenoxy) is 1. The van der Waals surface area contributed by atoms with Crippen molar-refractivity contribution >= 4 is 27.5 Å². The van der Waals surface area contributed by atoms with Gasteiger partial charge in [0, 0.05) is 15.9 Å². The minimum absolute atomic E-state index is 0.220. The number of hydrogen-bond acceptors (Lipinski definition) is 2. The van der Waals surface area contributed by atoms with E-state index in [0.717, 1.165) is 28.8 Å². The van der Waals surface area contributed by atoms with Crippen LogP contribution in [0.3, 0.4) is 0 Å². The second-order valence-corrected chi connectivity index (χ2v) is 4.78. The summed E-state index contributed by atoms with van der Waals surface area (Å²) in [7, 11) is 0. The van der Waals surface area contributed by atoms with Gasteiger partial charge in [0.15, 0.2) is 0 Å². The fourth-order valence-corrected chi connectivity index (χ4v) is 2.46. The van der Waals surface area contributed by atoms with Crippen molar-refractivity contribution in [3.63, 3.8) is 0 Å². The highest BCUT2D eigenvalue weighted by atomic mass is 79.9. The van der Waals surface area contributed by atoms with Crippen LogP contribution in [0.1, 0.15) is 18.0 Å². The molecule has 1 unspecified atom stereocenters. The molecule has 0 fully saturated rings. The van der Waals surface area contributed by atoms with Crippen LogP contribution in [0.5, 0.6) is 0 Å². The average molecular weight is 289 g/mol. The van der Waals surface area contributed by atoms with E-state index in [1.54, 1.807) is 0 Å². The Hall–Kier alpha value is -0.510. The molecule has 0 amide bonds. The third kappa shape index (κ3) is 2.54. The van der Waals surface area contributed by atoms with Gasteiger partial charge < -0.3 is 10.5 Å². The first kappa shape index (κ1) is 11.0. The second kappa shape index (κ2) is 4.56. The smallest absolute Gasteiger partial charge is 0.113 e. The molecular formula is C11H11BrClNO. The van der Waals surface area contributed by atoms with E-state index in [2.05, 4.69) is 15.9 Å². The van der Waals surface area contributed by atoms with Crippen LogP contribution in [-0.2, 0) is 4.74 Å². The van der Waals surface area contributed by atoms with Crippen molar-refractivity contribution in [2.24, 2.45) is 5.73 Å². The summed E-state index contributed by atoms with van der Waals surface area (Å²) in [6.45, 7) is 0.727. The molecule has 15 heavy (non-hydrogen) atoms. The van der Waals surface area contributed by atoms with Gasteiger partial charge >= 0.3 is 0 Å². The minimum Gasteiger partial charge on any atom is -0.496 e. The largest absolute Gasteiger partial charge is 0.496 e. The summed E-state index contributed by atoms with van der Waals surface area (Å²) in [4.78, 5) is 0. The van der Waals surface area contributed by atoms with Crippen molar-refractivity contribution in [1.82, 2.24) is 0 Å². The van der Waals surface area contributed by atoms with E-state index in [1.807, 2.05) is 24.3 Å². The Morgan fingerprint density at radius 3 is 2.80 bits per heavy atom. The summed E-state index contributed by atoms with van der Waals surface area (Å²) in [5.41, 5.74) is 7.03. The average Bonchev–Trinajstić information content (AvgIpc) is 2.67. The van der Waals surface area contributed by atoms with Crippen molar-refractivity contribution in [1.29, 1.82) is 0 Å². The molecule has 0 aliphatic carbocycles. The third-order valence-corrected chi connectivity index (χ3v) is 2.96. The third-order valence-electron chi connectivity index (χ3n) is 2.28. The van der Waals surface area contributed by atoms with E-state index < -0.39 is 0 Å². The summed E-state index contributed by atoms with van der Waals surface area (Å²) in [6, 6.07) is 5.43. The fraction of sp³-hybridized carbons (Fsp3) is 0.273. The molecule has 0 saturated heterocycles. The standard InChI is InChI=1S/C11H11BrClNO/c12-8-4-7(5-9(13)6-8)11(14)10-2-1-3-15-10/h2,4-6,11H,1,3,14H2. The maximum Gasteiger partial charge on any atom is 0.113 e. The Labute approximate surface area is 102 Å². The molecular weight excluding hydrogens is 277 g/mol. The van der Waals surface area contributed by atoms with Crippen LogP contribution in [0.4, 0.5) is 0 Å². The second-order valence-electron chi connectivity index (χ2n) is 3.42. The highest BCUT2D eigenvalue weighted by molar-refractivity contribution is 9.10. The molecule has 80 valence electrons. The highest BCUT2D eigenvalue weighted by Crippen LogP contribution is 2.28. The van der Waals surface area contributed by atoms with Gasteiger partial charge in [-0.1, -0.05) is 27.5 Å². The Bertz CT molecular complexity index is 385. The number of rotatable bonds is 2. The molecule has 0 spiro atoms. The van der Waals surface area contributed by atoms with Gasteiger partial charge in [0.05, 0.1) is 12.6 Å². The lowest BCUT2D eigenvalue weighted by atomic mass is 10.1. The topological polar surface area (TPSA) is 35.2 Å². The summed E-state index contributed by atoms with van der Waals surface area (Å²) in [5, 5.41) is 0.674. The van der Waals surface area contributed by atoms with Crippen molar-refractivity contribution in [2.45, 2.75) is 12.5 Å². The van der Waals surface area contributed by atoms with Crippen LogP contribution in [0.15, 0.2) is 34.5 Å². The van der Waals surface area contributed by atoms with Gasteiger partial charge in [-0.05, 0) is 29.8 Å². The summed E-state index contributed by atoms with van der Waals surface area (Å²) in [5.74, 6) is 0.837. The molecule has 2 rings (SSSR count). The maximum atomic E-state index is 6.07. The van der Waals surface area contributed by atoms with Gasteiger partial charge in [0.2, 0.25) is 0 Å². The van der Waals surface area contributed by atoms with Crippen molar-refractivity contribution in [3.8, 4) is 0 Å². The minimum atomic E-state index is -0.220. The Balaban J connectivity index is 2.28. The molecule has 1 aromatic rings. The lowest BCUT2D eigenvalue weighted by molar-refractivity contribution is 0.225. The molecule has 0 radical (unpaired) electrons. The van der Waals surface area contributed by atoms with Gasteiger partial charge in [0.1, 0.15) is 5.76 Å². The molecule has 4 heteroatoms. The number of hydrogen-bond donors (Lipinski definition) is 1. The van der Waals surface area contributed by atoms with Crippen LogP contribution >= 0.6 is 27.5 Å². The summed E-state index contributed by atoms with van der Waals surface area (Å²) >= 11 is 9.34. The van der Waals surface area contributed by atoms with Crippen LogP contribution in [0.25, 0.3) is 0 Å². The molecule has 2 nitrogen and oxygen atoms in total. The molecule has 1 aliphatic rings. The van der Waals surface area contributed by atoms with Gasteiger partial charge in [-0.3, -0.25) is 0 Å². The lowest BCUT2D eigenvalue weighted by Crippen LogP contribution is -2.13. The summed E-state index contributed by atoms with van der Waals surface area (Å²) < 4.78 is 6.36. The summed E-state index contributed by atoms with van der Waals surface area (Å²) in [6.07, 6.45) is 2.96. The van der Waals surface area contributed by atoms with Gasteiger partial charge in [0.25, 0.3) is 0 Å². The SMILES string of the molecule is NC(C1=CCCO1)c1cc(Cl)cc(Br)c1. The molecule has 1 heterocycles. The monoisotopic (exact) mass is 287 g/mol. The van der Waals surface area contributed by atoms with E-state index in [4.69, 9.17) is 22.1 Å². The molecule has 1 aromatic carbocycles. The van der Waals surface area contributed by atoms with Crippen LogP contribution < -0.4 is 5.73 Å². The zero-order valence-corrected chi connectivity index (χ0v) is 10.4. The maximum absolute atomic E-state index is 6.07. The quantitative estimate of drug-likeness (QED) is 0.905. The van der Waals surface area contributed by atoms with E-state index >= 15 is 0 Å². The Morgan fingerprint density at radius 1 is 1.40 bits per heavy atom. The molecule has 1 atom stereocenters.